The van der Waals surface area contributed by atoms with Crippen LogP contribution in [0, 0.1) is 17.0 Å². The van der Waals surface area contributed by atoms with Crippen molar-refractivity contribution in [1.29, 1.82) is 0 Å². The molecule has 0 unspecified atom stereocenters. The van der Waals surface area contributed by atoms with Crippen LogP contribution < -0.4 is 10.5 Å². The van der Waals surface area contributed by atoms with Gasteiger partial charge in [-0.3, -0.25) is 10.1 Å². The van der Waals surface area contributed by atoms with E-state index in [-0.39, 0.29) is 17.1 Å². The summed E-state index contributed by atoms with van der Waals surface area (Å²) < 4.78 is 5.60. The van der Waals surface area contributed by atoms with Crippen LogP contribution in [0.3, 0.4) is 0 Å². The number of ether oxygens (including phenoxy) is 1. The Labute approximate surface area is 114 Å². The summed E-state index contributed by atoms with van der Waals surface area (Å²) in [6.45, 7) is 1.84. The predicted octanol–water partition coefficient (Wildman–Crippen LogP) is 3.93. The normalized spacial score (nSPS) is 10.2. The van der Waals surface area contributed by atoms with Gasteiger partial charge in [0.15, 0.2) is 0 Å². The highest BCUT2D eigenvalue weighted by molar-refractivity contribution is 6.32. The minimum atomic E-state index is -0.525. The van der Waals surface area contributed by atoms with E-state index >= 15 is 0 Å². The highest BCUT2D eigenvalue weighted by Crippen LogP contribution is 2.34. The molecule has 0 aliphatic rings. The number of aryl methyl sites for hydroxylation is 1. The molecule has 0 heterocycles. The molecule has 0 fully saturated rings. The molecule has 0 saturated carbocycles. The van der Waals surface area contributed by atoms with E-state index in [0.717, 1.165) is 5.56 Å². The van der Waals surface area contributed by atoms with Crippen molar-refractivity contribution in [3.05, 3.63) is 57.1 Å². The summed E-state index contributed by atoms with van der Waals surface area (Å²) in [6, 6.07) is 9.40. The number of anilines is 1. The maximum absolute atomic E-state index is 10.8. The second-order valence-corrected chi connectivity index (χ2v) is 4.41. The molecular formula is C13H11ClN2O3. The zero-order chi connectivity index (χ0) is 14.0. The quantitative estimate of drug-likeness (QED) is 0.524. The zero-order valence-corrected chi connectivity index (χ0v) is 10.8. The largest absolute Gasteiger partial charge is 0.455 e. The van der Waals surface area contributed by atoms with Gasteiger partial charge < -0.3 is 10.5 Å². The predicted molar refractivity (Wildman–Crippen MR) is 73.8 cm³/mol. The maximum atomic E-state index is 10.8. The SMILES string of the molecule is Cc1cccc(Cl)c1Oc1cc(N)cc([N+](=O)[O-])c1. The van der Waals surface area contributed by atoms with Gasteiger partial charge >= 0.3 is 0 Å². The molecule has 0 radical (unpaired) electrons. The second kappa shape index (κ2) is 5.16. The van der Waals surface area contributed by atoms with Crippen LogP contribution >= 0.6 is 11.6 Å². The molecule has 6 heteroatoms. The number of nitrogens with zero attached hydrogens (tertiary/aromatic N) is 1. The van der Waals surface area contributed by atoms with Gasteiger partial charge in [-0.25, -0.2) is 0 Å². The van der Waals surface area contributed by atoms with Gasteiger partial charge in [0.1, 0.15) is 11.5 Å². The summed E-state index contributed by atoms with van der Waals surface area (Å²) in [4.78, 5) is 10.2. The van der Waals surface area contributed by atoms with Crippen molar-refractivity contribution in [2.24, 2.45) is 0 Å². The number of benzene rings is 2. The third kappa shape index (κ3) is 2.95. The second-order valence-electron chi connectivity index (χ2n) is 4.01. The molecule has 2 aromatic rings. The van der Waals surface area contributed by atoms with Gasteiger partial charge in [0.2, 0.25) is 0 Å². The molecule has 5 nitrogen and oxygen atoms in total. The topological polar surface area (TPSA) is 78.4 Å². The van der Waals surface area contributed by atoms with Crippen molar-refractivity contribution in [2.75, 3.05) is 5.73 Å². The lowest BCUT2D eigenvalue weighted by atomic mass is 10.2. The van der Waals surface area contributed by atoms with E-state index in [9.17, 15) is 10.1 Å². The third-order valence-corrected chi connectivity index (χ3v) is 2.81. The lowest BCUT2D eigenvalue weighted by molar-refractivity contribution is -0.384. The van der Waals surface area contributed by atoms with E-state index < -0.39 is 4.92 Å². The van der Waals surface area contributed by atoms with Crippen LogP contribution in [0.4, 0.5) is 11.4 Å². The van der Waals surface area contributed by atoms with Crippen LogP contribution in [0.5, 0.6) is 11.5 Å². The molecule has 2 aromatic carbocycles. The highest BCUT2D eigenvalue weighted by Gasteiger charge is 2.12. The van der Waals surface area contributed by atoms with Gasteiger partial charge in [0.25, 0.3) is 5.69 Å². The number of hydrogen-bond donors (Lipinski definition) is 1. The van der Waals surface area contributed by atoms with Crippen molar-refractivity contribution in [1.82, 2.24) is 0 Å². The standard InChI is InChI=1S/C13H11ClN2O3/c1-8-3-2-4-12(14)13(8)19-11-6-9(15)5-10(7-11)16(17)18/h2-7H,15H2,1H3. The number of nitrogen functional groups attached to an aromatic ring is 1. The third-order valence-electron chi connectivity index (χ3n) is 2.51. The molecule has 0 saturated heterocycles. The van der Waals surface area contributed by atoms with E-state index in [0.29, 0.717) is 10.8 Å². The first-order valence-electron chi connectivity index (χ1n) is 5.45. The number of hydrogen-bond acceptors (Lipinski definition) is 4. The average molecular weight is 279 g/mol. The Morgan fingerprint density at radius 2 is 2.05 bits per heavy atom. The van der Waals surface area contributed by atoms with Gasteiger partial charge in [0.05, 0.1) is 16.0 Å². The van der Waals surface area contributed by atoms with Crippen molar-refractivity contribution in [2.45, 2.75) is 6.92 Å². The van der Waals surface area contributed by atoms with E-state index in [1.165, 1.54) is 18.2 Å². The van der Waals surface area contributed by atoms with Crippen molar-refractivity contribution < 1.29 is 9.66 Å². The minimum absolute atomic E-state index is 0.125. The van der Waals surface area contributed by atoms with Crippen molar-refractivity contribution in [3.63, 3.8) is 0 Å². The fourth-order valence-corrected chi connectivity index (χ4v) is 1.89. The first kappa shape index (κ1) is 13.2. The summed E-state index contributed by atoms with van der Waals surface area (Å²) in [7, 11) is 0. The van der Waals surface area contributed by atoms with Crippen molar-refractivity contribution >= 4 is 23.0 Å². The van der Waals surface area contributed by atoms with Crippen LogP contribution in [-0.4, -0.2) is 4.92 Å². The van der Waals surface area contributed by atoms with Gasteiger partial charge in [-0.1, -0.05) is 23.7 Å². The van der Waals surface area contributed by atoms with Gasteiger partial charge in [-0.05, 0) is 18.6 Å². The monoisotopic (exact) mass is 278 g/mol. The Morgan fingerprint density at radius 1 is 1.32 bits per heavy atom. The summed E-state index contributed by atoms with van der Waals surface area (Å²) >= 11 is 6.03. The maximum Gasteiger partial charge on any atom is 0.275 e. The molecule has 0 aromatic heterocycles. The number of nitrogens with two attached hydrogens (primary N) is 1. The first-order chi connectivity index (χ1) is 8.97. The van der Waals surface area contributed by atoms with Gasteiger partial charge in [0, 0.05) is 17.8 Å². The minimum Gasteiger partial charge on any atom is -0.455 e. The lowest BCUT2D eigenvalue weighted by Gasteiger charge is -2.10. The van der Waals surface area contributed by atoms with E-state index in [1.54, 1.807) is 12.1 Å². The number of halogens is 1. The highest BCUT2D eigenvalue weighted by atomic mass is 35.5. The van der Waals surface area contributed by atoms with Crippen molar-refractivity contribution in [3.8, 4) is 11.5 Å². The summed E-state index contributed by atoms with van der Waals surface area (Å²) in [6.07, 6.45) is 0. The molecular weight excluding hydrogens is 268 g/mol. The average Bonchev–Trinajstić information content (AvgIpc) is 2.33. The van der Waals surface area contributed by atoms with E-state index in [4.69, 9.17) is 22.1 Å². The zero-order valence-electron chi connectivity index (χ0n) is 10.1. The molecule has 0 spiro atoms. The smallest absolute Gasteiger partial charge is 0.275 e. The Balaban J connectivity index is 2.41. The summed E-state index contributed by atoms with van der Waals surface area (Å²) in [5.74, 6) is 0.743. The van der Waals surface area contributed by atoms with Crippen LogP contribution in [0.1, 0.15) is 5.56 Å². The molecule has 0 aliphatic heterocycles. The number of nitro benzene ring substituents is 1. The van der Waals surface area contributed by atoms with Crippen LogP contribution in [0.25, 0.3) is 0 Å². The molecule has 2 rings (SSSR count). The van der Waals surface area contributed by atoms with Crippen LogP contribution in [0.2, 0.25) is 5.02 Å². The Kier molecular flexibility index (Phi) is 3.57. The Bertz CT molecular complexity index is 624. The molecule has 0 aliphatic carbocycles. The summed E-state index contributed by atoms with van der Waals surface area (Å²) in [5, 5.41) is 11.2. The van der Waals surface area contributed by atoms with E-state index in [2.05, 4.69) is 0 Å². The van der Waals surface area contributed by atoms with Gasteiger partial charge in [-0.2, -0.15) is 0 Å². The van der Waals surface area contributed by atoms with E-state index in [1.807, 2.05) is 13.0 Å². The summed E-state index contributed by atoms with van der Waals surface area (Å²) in [5.41, 5.74) is 6.57. The molecule has 0 amide bonds. The van der Waals surface area contributed by atoms with Crippen LogP contribution in [0.15, 0.2) is 36.4 Å². The molecule has 0 bridgehead atoms. The number of nitro groups is 1. The fraction of sp³-hybridized carbons (Fsp3) is 0.0769. The number of para-hydroxylation sites is 1. The number of non-ortho nitro benzene ring substituents is 1. The Morgan fingerprint density at radius 3 is 2.68 bits per heavy atom. The number of rotatable bonds is 3. The Hall–Kier alpha value is -2.27. The molecule has 19 heavy (non-hydrogen) atoms. The molecule has 2 N–H and O–H groups in total. The molecule has 98 valence electrons. The lowest BCUT2D eigenvalue weighted by Crippen LogP contribution is -1.94. The van der Waals surface area contributed by atoms with Crippen LogP contribution in [-0.2, 0) is 0 Å². The first-order valence-corrected chi connectivity index (χ1v) is 5.83. The van der Waals surface area contributed by atoms with Gasteiger partial charge in [-0.15, -0.1) is 0 Å². The fourth-order valence-electron chi connectivity index (χ4n) is 1.63. The molecule has 0 atom stereocenters.